The molecule has 0 bridgehead atoms. The molecule has 3 aromatic rings. The van der Waals surface area contributed by atoms with E-state index in [9.17, 15) is 9.18 Å². The summed E-state index contributed by atoms with van der Waals surface area (Å²) in [6, 6.07) is 13.2. The first-order chi connectivity index (χ1) is 12.1. The van der Waals surface area contributed by atoms with Crippen LogP contribution in [0.4, 0.5) is 10.1 Å². The maximum atomic E-state index is 13.7. The molecule has 1 N–H and O–H groups in total. The van der Waals surface area contributed by atoms with Crippen LogP contribution in [0.25, 0.3) is 11.3 Å². The Bertz CT molecular complexity index is 888. The van der Waals surface area contributed by atoms with Gasteiger partial charge in [-0.25, -0.2) is 4.39 Å². The molecular formula is C19H17FN2O3. The molecule has 0 aliphatic carbocycles. The molecule has 5 nitrogen and oxygen atoms in total. The third-order valence-corrected chi connectivity index (χ3v) is 3.62. The normalized spacial score (nSPS) is 10.5. The molecule has 3 rings (SSSR count). The number of hydrogen-bond acceptors (Lipinski definition) is 4. The monoisotopic (exact) mass is 340 g/mol. The lowest BCUT2D eigenvalue weighted by Gasteiger charge is -2.05. The zero-order valence-corrected chi connectivity index (χ0v) is 13.9. The highest BCUT2D eigenvalue weighted by atomic mass is 19.1. The van der Waals surface area contributed by atoms with Crippen LogP contribution in [0, 0.1) is 12.7 Å². The van der Waals surface area contributed by atoms with Gasteiger partial charge < -0.3 is 14.6 Å². The van der Waals surface area contributed by atoms with E-state index in [2.05, 4.69) is 10.5 Å². The third-order valence-electron chi connectivity index (χ3n) is 3.62. The van der Waals surface area contributed by atoms with Gasteiger partial charge in [-0.3, -0.25) is 4.79 Å². The van der Waals surface area contributed by atoms with Gasteiger partial charge in [-0.05, 0) is 49.7 Å². The number of halogens is 1. The summed E-state index contributed by atoms with van der Waals surface area (Å²) in [6.45, 7) is 4.15. The van der Waals surface area contributed by atoms with Crippen molar-refractivity contribution >= 4 is 11.6 Å². The Morgan fingerprint density at radius 3 is 2.64 bits per heavy atom. The summed E-state index contributed by atoms with van der Waals surface area (Å²) < 4.78 is 24.2. The number of carbonyl (C=O) groups is 1. The maximum absolute atomic E-state index is 13.7. The molecule has 0 aliphatic rings. The van der Waals surface area contributed by atoms with Crippen LogP contribution < -0.4 is 10.1 Å². The van der Waals surface area contributed by atoms with Crippen molar-refractivity contribution in [1.29, 1.82) is 0 Å². The van der Waals surface area contributed by atoms with Gasteiger partial charge in [-0.15, -0.1) is 0 Å². The summed E-state index contributed by atoms with van der Waals surface area (Å²) in [4.78, 5) is 12.3. The van der Waals surface area contributed by atoms with Crippen LogP contribution in [0.1, 0.15) is 23.0 Å². The molecule has 6 heteroatoms. The Morgan fingerprint density at radius 2 is 1.96 bits per heavy atom. The highest BCUT2D eigenvalue weighted by Crippen LogP contribution is 2.23. The fourth-order valence-electron chi connectivity index (χ4n) is 2.26. The molecule has 0 spiro atoms. The first-order valence-electron chi connectivity index (χ1n) is 7.84. The predicted molar refractivity (Wildman–Crippen MR) is 92.2 cm³/mol. The topological polar surface area (TPSA) is 64.4 Å². The SMILES string of the molecule is CCOc1ccc(NC(=O)c2cc(-c3ccc(C)c(F)c3)on2)cc1. The highest BCUT2D eigenvalue weighted by Gasteiger charge is 2.15. The molecule has 2 aromatic carbocycles. The fourth-order valence-corrected chi connectivity index (χ4v) is 2.26. The van der Waals surface area contributed by atoms with Gasteiger partial charge in [-0.1, -0.05) is 17.3 Å². The molecule has 0 aliphatic heterocycles. The number of rotatable bonds is 5. The zero-order chi connectivity index (χ0) is 17.8. The second kappa shape index (κ2) is 7.17. The van der Waals surface area contributed by atoms with Gasteiger partial charge in [0.2, 0.25) is 0 Å². The largest absolute Gasteiger partial charge is 0.494 e. The minimum Gasteiger partial charge on any atom is -0.494 e. The van der Waals surface area contributed by atoms with E-state index < -0.39 is 5.91 Å². The number of nitrogens with zero attached hydrogens (tertiary/aromatic N) is 1. The predicted octanol–water partition coefficient (Wildman–Crippen LogP) is 4.44. The minimum absolute atomic E-state index is 0.116. The summed E-state index contributed by atoms with van der Waals surface area (Å²) in [7, 11) is 0. The van der Waals surface area contributed by atoms with E-state index in [-0.39, 0.29) is 11.5 Å². The van der Waals surface area contributed by atoms with E-state index in [1.807, 2.05) is 6.92 Å². The molecule has 1 aromatic heterocycles. The lowest BCUT2D eigenvalue weighted by molar-refractivity contribution is 0.101. The van der Waals surface area contributed by atoms with Crippen LogP contribution in [0.15, 0.2) is 53.1 Å². The fraction of sp³-hybridized carbons (Fsp3) is 0.158. The second-order valence-electron chi connectivity index (χ2n) is 5.45. The smallest absolute Gasteiger partial charge is 0.277 e. The van der Waals surface area contributed by atoms with Crippen molar-refractivity contribution < 1.29 is 18.4 Å². The Balaban J connectivity index is 1.72. The van der Waals surface area contributed by atoms with Crippen LogP contribution in [0.2, 0.25) is 0 Å². The van der Waals surface area contributed by atoms with Crippen LogP contribution in [-0.2, 0) is 0 Å². The van der Waals surface area contributed by atoms with Gasteiger partial charge in [0.15, 0.2) is 11.5 Å². The Labute approximate surface area is 144 Å². The number of amides is 1. The standard InChI is InChI=1S/C19H17FN2O3/c1-3-24-15-8-6-14(7-9-15)21-19(23)17-11-18(25-22-17)13-5-4-12(2)16(20)10-13/h4-11H,3H2,1-2H3,(H,21,23). The molecule has 128 valence electrons. The number of anilines is 1. The van der Waals surface area contributed by atoms with Gasteiger partial charge in [-0.2, -0.15) is 0 Å². The van der Waals surface area contributed by atoms with E-state index >= 15 is 0 Å². The van der Waals surface area contributed by atoms with Crippen molar-refractivity contribution in [1.82, 2.24) is 5.16 Å². The molecule has 25 heavy (non-hydrogen) atoms. The first kappa shape index (κ1) is 16.7. The first-order valence-corrected chi connectivity index (χ1v) is 7.84. The van der Waals surface area contributed by atoms with E-state index in [4.69, 9.17) is 9.26 Å². The lowest BCUT2D eigenvalue weighted by atomic mass is 10.1. The summed E-state index contributed by atoms with van der Waals surface area (Å²) in [5.41, 5.74) is 1.79. The van der Waals surface area contributed by atoms with E-state index in [0.717, 1.165) is 5.75 Å². The Hall–Kier alpha value is -3.15. The number of benzene rings is 2. The number of nitrogens with one attached hydrogen (secondary N) is 1. The number of ether oxygens (including phenoxy) is 1. The summed E-state index contributed by atoms with van der Waals surface area (Å²) in [6.07, 6.45) is 0. The van der Waals surface area contributed by atoms with Crippen LogP contribution in [0.5, 0.6) is 5.75 Å². The summed E-state index contributed by atoms with van der Waals surface area (Å²) >= 11 is 0. The quantitative estimate of drug-likeness (QED) is 0.746. The van der Waals surface area contributed by atoms with Gasteiger partial charge >= 0.3 is 0 Å². The highest BCUT2D eigenvalue weighted by molar-refractivity contribution is 6.03. The molecule has 0 fully saturated rings. The second-order valence-corrected chi connectivity index (χ2v) is 5.45. The molecule has 0 saturated carbocycles. The van der Waals surface area contributed by atoms with Crippen LogP contribution in [0.3, 0.4) is 0 Å². The van der Waals surface area contributed by atoms with Crippen molar-refractivity contribution in [3.8, 4) is 17.1 Å². The van der Waals surface area contributed by atoms with Gasteiger partial charge in [0.05, 0.1) is 6.61 Å². The van der Waals surface area contributed by atoms with Crippen molar-refractivity contribution in [2.45, 2.75) is 13.8 Å². The Kier molecular flexibility index (Phi) is 4.79. The van der Waals surface area contributed by atoms with Crippen molar-refractivity contribution in [2.75, 3.05) is 11.9 Å². The van der Waals surface area contributed by atoms with Crippen molar-refractivity contribution in [2.24, 2.45) is 0 Å². The number of hydrogen-bond donors (Lipinski definition) is 1. The van der Waals surface area contributed by atoms with E-state index in [0.29, 0.717) is 29.2 Å². The average Bonchev–Trinajstić information content (AvgIpc) is 3.09. The number of aromatic nitrogens is 1. The van der Waals surface area contributed by atoms with E-state index in [1.54, 1.807) is 43.3 Å². The van der Waals surface area contributed by atoms with Crippen molar-refractivity contribution in [3.63, 3.8) is 0 Å². The summed E-state index contributed by atoms with van der Waals surface area (Å²) in [5, 5.41) is 6.48. The molecule has 0 atom stereocenters. The molecule has 0 saturated heterocycles. The lowest BCUT2D eigenvalue weighted by Crippen LogP contribution is -2.12. The maximum Gasteiger partial charge on any atom is 0.277 e. The van der Waals surface area contributed by atoms with Crippen LogP contribution >= 0.6 is 0 Å². The minimum atomic E-state index is -0.410. The number of carbonyl (C=O) groups excluding carboxylic acids is 1. The average molecular weight is 340 g/mol. The molecule has 1 heterocycles. The zero-order valence-electron chi connectivity index (χ0n) is 13.9. The van der Waals surface area contributed by atoms with Crippen molar-refractivity contribution in [3.05, 3.63) is 65.6 Å². The van der Waals surface area contributed by atoms with E-state index in [1.165, 1.54) is 12.1 Å². The molecule has 0 radical (unpaired) electrons. The molecular weight excluding hydrogens is 323 g/mol. The van der Waals surface area contributed by atoms with Gasteiger partial charge in [0.25, 0.3) is 5.91 Å². The summed E-state index contributed by atoms with van der Waals surface area (Å²) in [5.74, 6) is 0.308. The Morgan fingerprint density at radius 1 is 1.20 bits per heavy atom. The third kappa shape index (κ3) is 3.85. The molecule has 1 amide bonds. The van der Waals surface area contributed by atoms with Gasteiger partial charge in [0.1, 0.15) is 11.6 Å². The number of aryl methyl sites for hydroxylation is 1. The molecule has 0 unspecified atom stereocenters. The van der Waals surface area contributed by atoms with Crippen LogP contribution in [-0.4, -0.2) is 17.7 Å². The van der Waals surface area contributed by atoms with Gasteiger partial charge in [0, 0.05) is 17.3 Å².